The number of rotatable bonds is 6. The molecule has 0 radical (unpaired) electrons. The van der Waals surface area contributed by atoms with Crippen molar-refractivity contribution in [3.05, 3.63) is 96.1 Å². The molecular formula is C30H22F4N2O4Ti. The molecule has 2 saturated heterocycles. The molecule has 11 heteroatoms. The number of carbonyl (C=O) groups excluding carboxylic acids is 4. The second kappa shape index (κ2) is 10.2. The summed E-state index contributed by atoms with van der Waals surface area (Å²) in [4.78, 5) is 51.5. The van der Waals surface area contributed by atoms with E-state index in [-0.39, 0.29) is 25.7 Å². The molecule has 0 aromatic heterocycles. The van der Waals surface area contributed by atoms with Gasteiger partial charge >= 0.3 is 236 Å². The summed E-state index contributed by atoms with van der Waals surface area (Å²) in [7, 11) is 0. The number of allylic oxidation sites excluding steroid dienone is 8. The molecule has 4 amide bonds. The number of carbonyl (C=O) groups is 4. The zero-order chi connectivity index (χ0) is 29.1. The van der Waals surface area contributed by atoms with E-state index >= 15 is 17.6 Å². The quantitative estimate of drug-likeness (QED) is 0.279. The van der Waals surface area contributed by atoms with Crippen molar-refractivity contribution >= 4 is 42.7 Å². The van der Waals surface area contributed by atoms with Gasteiger partial charge in [-0.3, -0.25) is 0 Å². The molecule has 2 aliphatic heterocycles. The summed E-state index contributed by atoms with van der Waals surface area (Å²) in [5, 5.41) is 0. The molecule has 2 heterocycles. The molecular weight excluding hydrogens is 576 g/mol. The van der Waals surface area contributed by atoms with Gasteiger partial charge in [0.25, 0.3) is 0 Å². The molecule has 208 valence electrons. The summed E-state index contributed by atoms with van der Waals surface area (Å²) >= 11 is -5.25. The number of nitrogens with zero attached hydrogens (tertiary/aromatic N) is 2. The first kappa shape index (κ1) is 27.3. The van der Waals surface area contributed by atoms with Crippen LogP contribution in [0.15, 0.2) is 72.9 Å². The topological polar surface area (TPSA) is 74.8 Å². The molecule has 2 aromatic rings. The van der Waals surface area contributed by atoms with Crippen LogP contribution in [0.25, 0.3) is 0 Å². The van der Waals surface area contributed by atoms with Gasteiger partial charge in [0, 0.05) is 0 Å². The maximum absolute atomic E-state index is 16.8. The fourth-order valence-electron chi connectivity index (χ4n) is 6.36. The molecule has 2 aromatic carbocycles. The summed E-state index contributed by atoms with van der Waals surface area (Å²) in [6.07, 6.45) is 12.4. The van der Waals surface area contributed by atoms with E-state index in [0.29, 0.717) is 9.80 Å². The van der Waals surface area contributed by atoms with Gasteiger partial charge in [0.1, 0.15) is 0 Å². The van der Waals surface area contributed by atoms with Gasteiger partial charge in [-0.25, -0.2) is 0 Å². The van der Waals surface area contributed by atoms with E-state index in [9.17, 15) is 19.2 Å². The van der Waals surface area contributed by atoms with Gasteiger partial charge in [-0.1, -0.05) is 0 Å². The molecule has 4 aliphatic rings. The van der Waals surface area contributed by atoms with Crippen molar-refractivity contribution in [3.8, 4) is 0 Å². The van der Waals surface area contributed by atoms with Crippen LogP contribution in [0.2, 0.25) is 8.45 Å². The molecule has 0 bridgehead atoms. The van der Waals surface area contributed by atoms with E-state index < -0.39 is 91.0 Å². The van der Waals surface area contributed by atoms with Gasteiger partial charge in [0.05, 0.1) is 0 Å². The first-order valence-electron chi connectivity index (χ1n) is 13.1. The van der Waals surface area contributed by atoms with E-state index in [1.165, 1.54) is 0 Å². The average molecular weight is 598 g/mol. The fraction of sp³-hybridized carbons (Fsp3) is 0.200. The number of hydrogen-bond donors (Lipinski definition) is 0. The Kier molecular flexibility index (Phi) is 6.78. The molecule has 2 fully saturated rings. The molecule has 0 N–H and O–H groups in total. The third kappa shape index (κ3) is 4.03. The standard InChI is InChI=1S/2C10H6F2NO2.2C5H5.Ti/c2*11-6-1-2-8(7(12)5-6)13-9(14)3-4-10(13)15;2*1-2-4-5-3-1;/h2*1-2H,3-4H2;2*1-5H;. The van der Waals surface area contributed by atoms with Crippen LogP contribution in [0.3, 0.4) is 0 Å². The normalized spacial score (nSPS) is 19.3. The second-order valence-electron chi connectivity index (χ2n) is 10.2. The Morgan fingerprint density at radius 3 is 1.17 bits per heavy atom. The predicted molar refractivity (Wildman–Crippen MR) is 139 cm³/mol. The third-order valence-corrected chi connectivity index (χ3v) is 16.6. The summed E-state index contributed by atoms with van der Waals surface area (Å²) in [5.41, 5.74) is -0.967. The van der Waals surface area contributed by atoms with Crippen molar-refractivity contribution in [2.45, 2.75) is 34.1 Å². The van der Waals surface area contributed by atoms with Gasteiger partial charge in [0.15, 0.2) is 0 Å². The summed E-state index contributed by atoms with van der Waals surface area (Å²) in [6, 6.07) is 3.77. The Morgan fingerprint density at radius 1 is 0.537 bits per heavy atom. The number of benzene rings is 2. The molecule has 6 nitrogen and oxygen atoms in total. The van der Waals surface area contributed by atoms with E-state index in [1.807, 2.05) is 0 Å². The molecule has 0 spiro atoms. The van der Waals surface area contributed by atoms with E-state index in [0.717, 1.165) is 24.3 Å². The average Bonchev–Trinajstić information content (AvgIpc) is 3.75. The van der Waals surface area contributed by atoms with Gasteiger partial charge in [0.2, 0.25) is 0 Å². The van der Waals surface area contributed by atoms with Crippen molar-refractivity contribution in [1.82, 2.24) is 0 Å². The van der Waals surface area contributed by atoms with Gasteiger partial charge < -0.3 is 0 Å². The minimum absolute atomic E-state index is 0.150. The Balaban J connectivity index is 1.72. The third-order valence-electron chi connectivity index (χ3n) is 8.10. The van der Waals surface area contributed by atoms with Crippen LogP contribution in [0.5, 0.6) is 0 Å². The number of amides is 4. The summed E-state index contributed by atoms with van der Waals surface area (Å²) in [5.74, 6) is -7.32. The van der Waals surface area contributed by atoms with Crippen molar-refractivity contribution in [2.75, 3.05) is 9.80 Å². The second-order valence-corrected chi connectivity index (χ2v) is 16.6. The molecule has 2 aliphatic carbocycles. The Bertz CT molecular complexity index is 1490. The molecule has 0 saturated carbocycles. The van der Waals surface area contributed by atoms with Crippen LogP contribution in [0.4, 0.5) is 28.9 Å². The van der Waals surface area contributed by atoms with Crippen molar-refractivity contribution in [2.24, 2.45) is 0 Å². The van der Waals surface area contributed by atoms with Gasteiger partial charge in [-0.05, 0) is 0 Å². The number of imide groups is 2. The molecule has 0 atom stereocenters. The predicted octanol–water partition coefficient (Wildman–Crippen LogP) is 4.48. The van der Waals surface area contributed by atoms with Crippen LogP contribution >= 0.6 is 0 Å². The van der Waals surface area contributed by atoms with Crippen LogP contribution in [0, 0.1) is 23.3 Å². The van der Waals surface area contributed by atoms with Crippen LogP contribution in [-0.2, 0) is 35.8 Å². The number of hydrogen-bond acceptors (Lipinski definition) is 4. The summed E-state index contributed by atoms with van der Waals surface area (Å²) in [6.45, 7) is 0. The Labute approximate surface area is 235 Å². The van der Waals surface area contributed by atoms with Crippen LogP contribution in [-0.4, -0.2) is 23.6 Å². The zero-order valence-electron chi connectivity index (χ0n) is 21.5. The fourth-order valence-corrected chi connectivity index (χ4v) is 15.1. The van der Waals surface area contributed by atoms with Crippen LogP contribution < -0.4 is 17.5 Å². The van der Waals surface area contributed by atoms with Crippen molar-refractivity contribution in [3.63, 3.8) is 0 Å². The minimum atomic E-state index is -5.25. The Morgan fingerprint density at radius 2 is 0.854 bits per heavy atom. The van der Waals surface area contributed by atoms with Gasteiger partial charge in [-0.15, -0.1) is 0 Å². The van der Waals surface area contributed by atoms with Gasteiger partial charge in [-0.2, -0.15) is 0 Å². The molecule has 6 rings (SSSR count). The SMILES string of the molecule is O=C1CCC(=O)N1c1ccc(F)[c]([Ti]([c]2c(F)ccc(N3C(=O)CCC3=O)c2F)([CH]2C=CC=C2)[CH]2C=CC=C2)c1F. The molecule has 41 heavy (non-hydrogen) atoms. The zero-order valence-corrected chi connectivity index (χ0v) is 23.0. The van der Waals surface area contributed by atoms with E-state index in [2.05, 4.69) is 0 Å². The van der Waals surface area contributed by atoms with E-state index in [1.54, 1.807) is 48.6 Å². The number of anilines is 2. The Hall–Kier alpha value is -3.89. The van der Waals surface area contributed by atoms with E-state index in [4.69, 9.17) is 0 Å². The van der Waals surface area contributed by atoms with Crippen LogP contribution in [0.1, 0.15) is 25.7 Å². The van der Waals surface area contributed by atoms with Crippen molar-refractivity contribution in [1.29, 1.82) is 0 Å². The first-order valence-corrected chi connectivity index (χ1v) is 16.4. The van der Waals surface area contributed by atoms with Crippen molar-refractivity contribution < 1.29 is 53.3 Å². The first-order chi connectivity index (χ1) is 19.7. The monoisotopic (exact) mass is 598 g/mol. The molecule has 0 unspecified atom stereocenters. The summed E-state index contributed by atoms with van der Waals surface area (Å²) < 4.78 is 63.1. The number of halogens is 4. The maximum atomic E-state index is 16.8.